The first-order valence-electron chi connectivity index (χ1n) is 3.91. The Balaban J connectivity index is 3.61. The van der Waals surface area contributed by atoms with E-state index < -0.39 is 0 Å². The predicted molar refractivity (Wildman–Crippen MR) is 51.4 cm³/mol. The third kappa shape index (κ3) is 6.91. The summed E-state index contributed by atoms with van der Waals surface area (Å²) in [5.41, 5.74) is 1.39. The van der Waals surface area contributed by atoms with Crippen LogP contribution in [0.15, 0.2) is 36.6 Å². The van der Waals surface area contributed by atoms with E-state index in [1.807, 2.05) is 25.4 Å². The first kappa shape index (κ1) is 10.0. The molecule has 0 amide bonds. The van der Waals surface area contributed by atoms with Crippen molar-refractivity contribution < 1.29 is 0 Å². The molecule has 0 bridgehead atoms. The minimum absolute atomic E-state index is 1.07. The van der Waals surface area contributed by atoms with Crippen LogP contribution in [0.2, 0.25) is 0 Å². The summed E-state index contributed by atoms with van der Waals surface area (Å²) in [6.07, 6.45) is 10.2. The molecule has 0 aliphatic rings. The molecule has 1 nitrogen and oxygen atoms in total. The molecule has 0 aliphatic carbocycles. The molecule has 0 rings (SSSR count). The summed E-state index contributed by atoms with van der Waals surface area (Å²) in [7, 11) is 1.89. The molecule has 1 N–H and O–H groups in total. The molecule has 62 valence electrons. The average molecular weight is 151 g/mol. The topological polar surface area (TPSA) is 12.0 Å². The van der Waals surface area contributed by atoms with E-state index in [4.69, 9.17) is 0 Å². The Morgan fingerprint density at radius 3 is 2.82 bits per heavy atom. The van der Waals surface area contributed by atoms with Gasteiger partial charge in [-0.25, -0.2) is 0 Å². The van der Waals surface area contributed by atoms with Crippen molar-refractivity contribution in [1.82, 2.24) is 5.32 Å². The summed E-state index contributed by atoms with van der Waals surface area (Å²) in [6.45, 7) is 5.80. The third-order valence-electron chi connectivity index (χ3n) is 1.39. The van der Waals surface area contributed by atoms with E-state index in [0.717, 1.165) is 12.8 Å². The first-order chi connectivity index (χ1) is 5.31. The van der Waals surface area contributed by atoms with Crippen molar-refractivity contribution in [2.75, 3.05) is 7.05 Å². The lowest BCUT2D eigenvalue weighted by Crippen LogP contribution is -1.89. The van der Waals surface area contributed by atoms with Gasteiger partial charge in [0.25, 0.3) is 0 Å². The SMILES string of the molecule is C=CCC/C(C)=C/C=C\NC. The Bertz CT molecular complexity index is 154. The van der Waals surface area contributed by atoms with E-state index in [-0.39, 0.29) is 0 Å². The monoisotopic (exact) mass is 151 g/mol. The molecular formula is C10H17N. The second-order valence-electron chi connectivity index (χ2n) is 2.49. The summed E-state index contributed by atoms with van der Waals surface area (Å²) in [5, 5.41) is 2.93. The van der Waals surface area contributed by atoms with Crippen molar-refractivity contribution in [3.05, 3.63) is 36.6 Å². The maximum Gasteiger partial charge on any atom is 0.00277 e. The highest BCUT2D eigenvalue weighted by Crippen LogP contribution is 2.03. The summed E-state index contributed by atoms with van der Waals surface area (Å²) in [6, 6.07) is 0. The van der Waals surface area contributed by atoms with Crippen molar-refractivity contribution in [3.8, 4) is 0 Å². The van der Waals surface area contributed by atoms with Gasteiger partial charge in [-0.15, -0.1) is 6.58 Å². The highest BCUT2D eigenvalue weighted by molar-refractivity contribution is 5.10. The number of hydrogen-bond acceptors (Lipinski definition) is 1. The number of hydrogen-bond donors (Lipinski definition) is 1. The third-order valence-corrected chi connectivity index (χ3v) is 1.39. The van der Waals surface area contributed by atoms with Gasteiger partial charge in [-0.3, -0.25) is 0 Å². The van der Waals surface area contributed by atoms with Gasteiger partial charge in [0.15, 0.2) is 0 Å². The van der Waals surface area contributed by atoms with Crippen LogP contribution in [0.3, 0.4) is 0 Å². The van der Waals surface area contributed by atoms with E-state index in [0.29, 0.717) is 0 Å². The zero-order chi connectivity index (χ0) is 8.53. The smallest absolute Gasteiger partial charge is 0.00277 e. The van der Waals surface area contributed by atoms with E-state index in [1.54, 1.807) is 0 Å². The summed E-state index contributed by atoms with van der Waals surface area (Å²) < 4.78 is 0. The highest BCUT2D eigenvalue weighted by Gasteiger charge is 1.83. The molecule has 0 unspecified atom stereocenters. The first-order valence-corrected chi connectivity index (χ1v) is 3.91. The lowest BCUT2D eigenvalue weighted by Gasteiger charge is -1.93. The lowest BCUT2D eigenvalue weighted by molar-refractivity contribution is 0.979. The van der Waals surface area contributed by atoms with Crippen LogP contribution in [0.4, 0.5) is 0 Å². The van der Waals surface area contributed by atoms with Crippen molar-refractivity contribution >= 4 is 0 Å². The van der Waals surface area contributed by atoms with E-state index in [1.165, 1.54) is 5.57 Å². The van der Waals surface area contributed by atoms with Gasteiger partial charge in [0.05, 0.1) is 0 Å². The van der Waals surface area contributed by atoms with E-state index in [9.17, 15) is 0 Å². The Morgan fingerprint density at radius 1 is 1.55 bits per heavy atom. The van der Waals surface area contributed by atoms with Crippen molar-refractivity contribution in [3.63, 3.8) is 0 Å². The number of rotatable bonds is 5. The normalized spacial score (nSPS) is 12.0. The zero-order valence-corrected chi connectivity index (χ0v) is 7.43. The molecule has 0 saturated carbocycles. The Kier molecular flexibility index (Phi) is 6.50. The molecule has 0 saturated heterocycles. The molecule has 0 aromatic carbocycles. The van der Waals surface area contributed by atoms with Gasteiger partial charge >= 0.3 is 0 Å². The van der Waals surface area contributed by atoms with Gasteiger partial charge in [0.2, 0.25) is 0 Å². The Morgan fingerprint density at radius 2 is 2.27 bits per heavy atom. The van der Waals surface area contributed by atoms with Crippen LogP contribution in [0.5, 0.6) is 0 Å². The van der Waals surface area contributed by atoms with Gasteiger partial charge in [0, 0.05) is 7.05 Å². The van der Waals surface area contributed by atoms with Gasteiger partial charge in [-0.05, 0) is 32.0 Å². The van der Waals surface area contributed by atoms with Crippen LogP contribution in [0.1, 0.15) is 19.8 Å². The second kappa shape index (κ2) is 7.13. The molecule has 0 spiro atoms. The van der Waals surface area contributed by atoms with Crippen LogP contribution in [0.25, 0.3) is 0 Å². The highest BCUT2D eigenvalue weighted by atomic mass is 14.8. The van der Waals surface area contributed by atoms with Crippen molar-refractivity contribution in [1.29, 1.82) is 0 Å². The fraction of sp³-hybridized carbons (Fsp3) is 0.400. The van der Waals surface area contributed by atoms with Crippen molar-refractivity contribution in [2.45, 2.75) is 19.8 Å². The fourth-order valence-corrected chi connectivity index (χ4v) is 0.722. The quantitative estimate of drug-likeness (QED) is 0.470. The summed E-state index contributed by atoms with van der Waals surface area (Å²) in [5.74, 6) is 0. The van der Waals surface area contributed by atoms with Crippen molar-refractivity contribution in [2.24, 2.45) is 0 Å². The predicted octanol–water partition coefficient (Wildman–Crippen LogP) is 2.63. The molecular weight excluding hydrogens is 134 g/mol. The van der Waals surface area contributed by atoms with Crippen LogP contribution >= 0.6 is 0 Å². The molecule has 0 fully saturated rings. The molecule has 0 heterocycles. The van der Waals surface area contributed by atoms with Crippen LogP contribution < -0.4 is 5.32 Å². The Hall–Kier alpha value is -0.980. The van der Waals surface area contributed by atoms with Crippen LogP contribution in [0, 0.1) is 0 Å². The standard InChI is InChI=1S/C10H17N/c1-4-5-7-10(2)8-6-9-11-3/h4,6,8-9,11H,1,5,7H2,2-3H3/b9-6-,10-8+. The lowest BCUT2D eigenvalue weighted by atomic mass is 10.1. The molecule has 1 heteroatoms. The van der Waals surface area contributed by atoms with Crippen LogP contribution in [-0.4, -0.2) is 7.05 Å². The molecule has 0 aromatic heterocycles. The van der Waals surface area contributed by atoms with Gasteiger partial charge in [0.1, 0.15) is 0 Å². The molecule has 11 heavy (non-hydrogen) atoms. The van der Waals surface area contributed by atoms with Gasteiger partial charge in [-0.2, -0.15) is 0 Å². The molecule has 0 atom stereocenters. The number of allylic oxidation sites excluding steroid dienone is 4. The summed E-state index contributed by atoms with van der Waals surface area (Å²) >= 11 is 0. The fourth-order valence-electron chi connectivity index (χ4n) is 0.722. The minimum atomic E-state index is 1.07. The van der Waals surface area contributed by atoms with Gasteiger partial charge < -0.3 is 5.32 Å². The molecule has 0 aliphatic heterocycles. The number of nitrogens with one attached hydrogen (secondary N) is 1. The molecule has 0 aromatic rings. The van der Waals surface area contributed by atoms with Gasteiger partial charge in [-0.1, -0.05) is 17.7 Å². The van der Waals surface area contributed by atoms with E-state index >= 15 is 0 Å². The van der Waals surface area contributed by atoms with E-state index in [2.05, 4.69) is 24.9 Å². The average Bonchev–Trinajstić information content (AvgIpc) is 2.01. The van der Waals surface area contributed by atoms with Crippen LogP contribution in [-0.2, 0) is 0 Å². The largest absolute Gasteiger partial charge is 0.394 e. The second-order valence-corrected chi connectivity index (χ2v) is 2.49. The summed E-state index contributed by atoms with van der Waals surface area (Å²) in [4.78, 5) is 0. The zero-order valence-electron chi connectivity index (χ0n) is 7.43. The molecule has 0 radical (unpaired) electrons. The maximum absolute atomic E-state index is 3.67. The maximum atomic E-state index is 3.67. The Labute approximate surface area is 69.5 Å². The minimum Gasteiger partial charge on any atom is -0.394 e.